The highest BCUT2D eigenvalue weighted by Crippen LogP contribution is 2.38. The van der Waals surface area contributed by atoms with Crippen LogP contribution >= 0.6 is 0 Å². The molecule has 2 aromatic heterocycles. The van der Waals surface area contributed by atoms with Crippen molar-refractivity contribution in [1.82, 2.24) is 15.1 Å². The van der Waals surface area contributed by atoms with E-state index in [0.29, 0.717) is 17.9 Å². The number of nitrogens with zero attached hydrogens (tertiary/aromatic N) is 4. The summed E-state index contributed by atoms with van der Waals surface area (Å²) in [6, 6.07) is 4.03. The molecule has 0 bridgehead atoms. The molecular weight excluding hydrogens is 280 g/mol. The lowest BCUT2D eigenvalue weighted by Crippen LogP contribution is -2.39. The van der Waals surface area contributed by atoms with Gasteiger partial charge in [0.25, 0.3) is 5.89 Å². The minimum atomic E-state index is 0.298. The first-order valence-electron chi connectivity index (χ1n) is 7.91. The van der Waals surface area contributed by atoms with Gasteiger partial charge in [0, 0.05) is 32.3 Å². The summed E-state index contributed by atoms with van der Waals surface area (Å²) in [6.07, 6.45) is 6.72. The zero-order chi connectivity index (χ0) is 14.9. The van der Waals surface area contributed by atoms with Crippen molar-refractivity contribution in [1.29, 1.82) is 0 Å². The predicted molar refractivity (Wildman–Crippen MR) is 81.7 cm³/mol. The van der Waals surface area contributed by atoms with Gasteiger partial charge in [-0.25, -0.2) is 4.98 Å². The second kappa shape index (κ2) is 5.68. The molecule has 2 aromatic rings. The Labute approximate surface area is 129 Å². The molecule has 0 spiro atoms. The Kier molecular flexibility index (Phi) is 3.54. The smallest absolute Gasteiger partial charge is 0.259 e. The highest BCUT2D eigenvalue weighted by atomic mass is 16.5. The average molecular weight is 300 g/mol. The summed E-state index contributed by atoms with van der Waals surface area (Å²) in [5.41, 5.74) is 0.878. The summed E-state index contributed by atoms with van der Waals surface area (Å²) < 4.78 is 10.8. The van der Waals surface area contributed by atoms with Crippen LogP contribution in [0.25, 0.3) is 11.5 Å². The molecule has 4 rings (SSSR count). The molecule has 1 atom stereocenters. The molecule has 1 aliphatic carbocycles. The van der Waals surface area contributed by atoms with E-state index in [1.54, 1.807) is 7.11 Å². The largest absolute Gasteiger partial charge is 0.380 e. The van der Waals surface area contributed by atoms with Crippen LogP contribution < -0.4 is 4.90 Å². The lowest BCUT2D eigenvalue weighted by atomic mass is 10.1. The molecule has 116 valence electrons. The minimum absolute atomic E-state index is 0.298. The first kappa shape index (κ1) is 13.7. The summed E-state index contributed by atoms with van der Waals surface area (Å²) in [4.78, 5) is 11.3. The lowest BCUT2D eigenvalue weighted by molar-refractivity contribution is 0.0891. The molecule has 0 amide bonds. The molecule has 0 N–H and O–H groups in total. The Morgan fingerprint density at radius 2 is 2.18 bits per heavy atom. The van der Waals surface area contributed by atoms with E-state index in [0.717, 1.165) is 43.1 Å². The second-order valence-corrected chi connectivity index (χ2v) is 6.08. The van der Waals surface area contributed by atoms with Crippen molar-refractivity contribution in [3.8, 4) is 11.5 Å². The fraction of sp³-hybridized carbons (Fsp3) is 0.562. The van der Waals surface area contributed by atoms with Gasteiger partial charge < -0.3 is 14.2 Å². The van der Waals surface area contributed by atoms with Gasteiger partial charge in [0.2, 0.25) is 0 Å². The van der Waals surface area contributed by atoms with E-state index in [-0.39, 0.29) is 0 Å². The minimum Gasteiger partial charge on any atom is -0.380 e. The lowest BCUT2D eigenvalue weighted by Gasteiger charge is -2.32. The molecule has 6 heteroatoms. The molecule has 22 heavy (non-hydrogen) atoms. The van der Waals surface area contributed by atoms with Crippen LogP contribution in [-0.2, 0) is 4.74 Å². The van der Waals surface area contributed by atoms with Gasteiger partial charge in [0.05, 0.1) is 11.7 Å². The van der Waals surface area contributed by atoms with Crippen molar-refractivity contribution in [2.75, 3.05) is 25.1 Å². The molecule has 0 unspecified atom stereocenters. The van der Waals surface area contributed by atoms with Crippen molar-refractivity contribution < 1.29 is 9.26 Å². The quantitative estimate of drug-likeness (QED) is 0.865. The van der Waals surface area contributed by atoms with Crippen molar-refractivity contribution in [3.63, 3.8) is 0 Å². The molecule has 6 nitrogen and oxygen atoms in total. The third-order valence-electron chi connectivity index (χ3n) is 4.41. The van der Waals surface area contributed by atoms with Crippen molar-refractivity contribution in [3.05, 3.63) is 24.2 Å². The zero-order valence-corrected chi connectivity index (χ0v) is 12.7. The monoisotopic (exact) mass is 300 g/mol. The van der Waals surface area contributed by atoms with E-state index < -0.39 is 0 Å². The summed E-state index contributed by atoms with van der Waals surface area (Å²) in [5.74, 6) is 2.88. The fourth-order valence-electron chi connectivity index (χ4n) is 2.90. The Morgan fingerprint density at radius 3 is 2.91 bits per heavy atom. The molecule has 2 aliphatic rings. The Balaban J connectivity index is 1.49. The molecule has 2 fully saturated rings. The van der Waals surface area contributed by atoms with E-state index >= 15 is 0 Å². The van der Waals surface area contributed by atoms with E-state index in [1.165, 1.54) is 12.8 Å². The van der Waals surface area contributed by atoms with Crippen LogP contribution in [0, 0.1) is 0 Å². The number of hydrogen-bond acceptors (Lipinski definition) is 6. The Morgan fingerprint density at radius 1 is 1.27 bits per heavy atom. The van der Waals surface area contributed by atoms with Crippen molar-refractivity contribution in [2.24, 2.45) is 0 Å². The standard InChI is InChI=1S/C16H20N4O2/c1-21-13-3-2-8-20(10-13)14-7-6-12(9-17-14)16-18-15(19-22-16)11-4-5-11/h6-7,9,11,13H,2-5,8,10H2,1H3/t13-/m1/s1. The maximum absolute atomic E-state index is 5.46. The summed E-state index contributed by atoms with van der Waals surface area (Å²) in [7, 11) is 1.78. The first-order chi connectivity index (χ1) is 10.8. The number of piperidine rings is 1. The number of ether oxygens (including phenoxy) is 1. The van der Waals surface area contributed by atoms with E-state index in [2.05, 4.69) is 20.0 Å². The van der Waals surface area contributed by atoms with Crippen LogP contribution in [0.2, 0.25) is 0 Å². The van der Waals surface area contributed by atoms with E-state index in [4.69, 9.17) is 9.26 Å². The van der Waals surface area contributed by atoms with E-state index in [1.807, 2.05) is 18.3 Å². The normalized spacial score (nSPS) is 22.0. The average Bonchev–Trinajstić information content (AvgIpc) is 3.32. The summed E-state index contributed by atoms with van der Waals surface area (Å²) in [6.45, 7) is 1.92. The molecule has 3 heterocycles. The second-order valence-electron chi connectivity index (χ2n) is 6.08. The van der Waals surface area contributed by atoms with Gasteiger partial charge in [-0.2, -0.15) is 4.98 Å². The topological polar surface area (TPSA) is 64.3 Å². The van der Waals surface area contributed by atoms with Crippen LogP contribution in [-0.4, -0.2) is 41.4 Å². The molecule has 1 aliphatic heterocycles. The van der Waals surface area contributed by atoms with Crippen LogP contribution in [0.3, 0.4) is 0 Å². The Hall–Kier alpha value is -1.95. The highest BCUT2D eigenvalue weighted by Gasteiger charge is 2.29. The zero-order valence-electron chi connectivity index (χ0n) is 12.7. The third-order valence-corrected chi connectivity index (χ3v) is 4.41. The maximum Gasteiger partial charge on any atom is 0.259 e. The van der Waals surface area contributed by atoms with Gasteiger partial charge in [-0.3, -0.25) is 0 Å². The Bertz CT molecular complexity index is 636. The maximum atomic E-state index is 5.46. The number of anilines is 1. The fourth-order valence-corrected chi connectivity index (χ4v) is 2.90. The number of hydrogen-bond donors (Lipinski definition) is 0. The first-order valence-corrected chi connectivity index (χ1v) is 7.91. The molecular formula is C16H20N4O2. The van der Waals surface area contributed by atoms with Crippen LogP contribution in [0.4, 0.5) is 5.82 Å². The number of rotatable bonds is 4. The molecule has 1 saturated carbocycles. The summed E-state index contributed by atoms with van der Waals surface area (Å²) >= 11 is 0. The van der Waals surface area contributed by atoms with Crippen LogP contribution in [0.1, 0.15) is 37.4 Å². The molecule has 0 radical (unpaired) electrons. The van der Waals surface area contributed by atoms with Crippen molar-refractivity contribution >= 4 is 5.82 Å². The van der Waals surface area contributed by atoms with Gasteiger partial charge in [-0.05, 0) is 37.8 Å². The molecule has 1 saturated heterocycles. The van der Waals surface area contributed by atoms with E-state index in [9.17, 15) is 0 Å². The van der Waals surface area contributed by atoms with Gasteiger partial charge in [-0.1, -0.05) is 5.16 Å². The van der Waals surface area contributed by atoms with Crippen LogP contribution in [0.5, 0.6) is 0 Å². The summed E-state index contributed by atoms with van der Waals surface area (Å²) in [5, 5.41) is 4.05. The number of methoxy groups -OCH3 is 1. The molecule has 0 aromatic carbocycles. The van der Waals surface area contributed by atoms with Gasteiger partial charge >= 0.3 is 0 Å². The SMILES string of the molecule is CO[C@@H]1CCCN(c2ccc(-c3nc(C4CC4)no3)cn2)C1. The third kappa shape index (κ3) is 2.70. The number of aromatic nitrogens is 3. The predicted octanol–water partition coefficient (Wildman–Crippen LogP) is 2.62. The van der Waals surface area contributed by atoms with Gasteiger partial charge in [-0.15, -0.1) is 0 Å². The van der Waals surface area contributed by atoms with Crippen molar-refractivity contribution in [2.45, 2.75) is 37.7 Å². The van der Waals surface area contributed by atoms with Gasteiger partial charge in [0.15, 0.2) is 5.82 Å². The van der Waals surface area contributed by atoms with Crippen LogP contribution in [0.15, 0.2) is 22.9 Å². The highest BCUT2D eigenvalue weighted by molar-refractivity contribution is 5.55. The van der Waals surface area contributed by atoms with Gasteiger partial charge in [0.1, 0.15) is 5.82 Å². The number of pyridine rings is 1.